The number of rotatable bonds is 18. The molecule has 0 aliphatic carbocycles. The first-order valence-corrected chi connectivity index (χ1v) is 19.8. The van der Waals surface area contributed by atoms with Crippen LogP contribution >= 0.6 is 0 Å². The predicted molar refractivity (Wildman–Crippen MR) is 202 cm³/mol. The molecule has 4 rings (SSSR count). The number of carbonyl (C=O) groups excluding carboxylic acids is 4. The third-order valence-electron chi connectivity index (χ3n) is 10.1. The molecule has 4 fully saturated rings. The lowest BCUT2D eigenvalue weighted by molar-refractivity contribution is -0.347. The molecule has 20 atom stereocenters. The van der Waals surface area contributed by atoms with Gasteiger partial charge in [-0.05, 0) is 0 Å². The van der Waals surface area contributed by atoms with Crippen LogP contribution in [0.2, 0.25) is 0 Å². The predicted octanol–water partition coefficient (Wildman–Crippen LogP) is -12.4. The molecule has 4 saturated heterocycles. The van der Waals surface area contributed by atoms with E-state index in [-0.39, 0.29) is 13.1 Å². The zero-order chi connectivity index (χ0) is 48.0. The maximum Gasteiger partial charge on any atom is 0.259 e. The number of carbonyl (C=O) groups is 4. The molecule has 372 valence electrons. The van der Waals surface area contributed by atoms with Crippen LogP contribution < -0.4 is 33.0 Å². The van der Waals surface area contributed by atoms with Gasteiger partial charge in [-0.3, -0.25) is 24.6 Å². The summed E-state index contributed by atoms with van der Waals surface area (Å²) in [7, 11) is 0. The molecule has 0 aromatic heterocycles. The van der Waals surface area contributed by atoms with Crippen molar-refractivity contribution in [3.63, 3.8) is 0 Å². The summed E-state index contributed by atoms with van der Waals surface area (Å²) >= 11 is 0. The Morgan fingerprint density at radius 3 is 1.20 bits per heavy atom. The minimum Gasteiger partial charge on any atom is -0.394 e. The van der Waals surface area contributed by atoms with Gasteiger partial charge >= 0.3 is 0 Å². The molecule has 0 radical (unpaired) electrons. The summed E-state index contributed by atoms with van der Waals surface area (Å²) in [5, 5.41) is 127. The van der Waals surface area contributed by atoms with Crippen LogP contribution in [0.25, 0.3) is 0 Å². The largest absolute Gasteiger partial charge is 0.394 e. The van der Waals surface area contributed by atoms with Crippen LogP contribution in [0.5, 0.6) is 0 Å². The molecule has 20 unspecified atom stereocenters. The Morgan fingerprint density at radius 1 is 0.516 bits per heavy atom. The number of nitrogens with one attached hydrogen (secondary N) is 4. The molecule has 0 spiro atoms. The lowest BCUT2D eigenvalue weighted by Crippen LogP contribution is -2.67. The van der Waals surface area contributed by atoms with E-state index in [1.165, 1.54) is 6.92 Å². The first kappa shape index (κ1) is 55.3. The number of amides is 4. The molecule has 30 nitrogen and oxygen atoms in total. The van der Waals surface area contributed by atoms with E-state index in [0.717, 1.165) is 6.92 Å². The molecule has 4 amide bonds. The molecule has 0 bridgehead atoms. The summed E-state index contributed by atoms with van der Waals surface area (Å²) < 4.78 is 43.3. The second-order valence-corrected chi connectivity index (χ2v) is 14.8. The van der Waals surface area contributed by atoms with Gasteiger partial charge in [0, 0.05) is 26.9 Å². The highest BCUT2D eigenvalue weighted by Gasteiger charge is 2.53. The van der Waals surface area contributed by atoms with Gasteiger partial charge in [0.25, 0.3) is 5.91 Å². The van der Waals surface area contributed by atoms with Crippen LogP contribution in [0.1, 0.15) is 13.8 Å². The number of aliphatic hydroxyl groups is 12. The smallest absolute Gasteiger partial charge is 0.259 e. The Bertz CT molecular complexity index is 1460. The highest BCUT2D eigenvalue weighted by atomic mass is 16.7. The molecule has 0 aromatic rings. The lowest BCUT2D eigenvalue weighted by Gasteiger charge is -2.47. The van der Waals surface area contributed by atoms with Gasteiger partial charge < -0.3 is 121 Å². The van der Waals surface area contributed by atoms with Crippen molar-refractivity contribution >= 4 is 23.6 Å². The fourth-order valence-electron chi connectivity index (χ4n) is 6.82. The molecule has 0 aromatic carbocycles. The summed E-state index contributed by atoms with van der Waals surface area (Å²) in [6, 6.07) is -2.54. The van der Waals surface area contributed by atoms with Crippen molar-refractivity contribution in [3.05, 3.63) is 0 Å². The summed E-state index contributed by atoms with van der Waals surface area (Å²) in [6.07, 6.45) is -27.4. The van der Waals surface area contributed by atoms with Crippen LogP contribution in [0.15, 0.2) is 0 Å². The van der Waals surface area contributed by atoms with E-state index in [0.29, 0.717) is 0 Å². The Hall–Kier alpha value is -3.00. The quantitative estimate of drug-likeness (QED) is 0.0345. The maximum absolute atomic E-state index is 11.8. The number of ether oxygens (including phenoxy) is 8. The maximum atomic E-state index is 11.8. The van der Waals surface area contributed by atoms with Crippen molar-refractivity contribution in [2.75, 3.05) is 52.7 Å². The lowest BCUT2D eigenvalue weighted by atomic mass is 9.95. The number of nitrogens with two attached hydrogens (primary N) is 2. The van der Waals surface area contributed by atoms with Crippen molar-refractivity contribution in [2.24, 2.45) is 11.6 Å². The number of hydrogen-bond acceptors (Lipinski definition) is 26. The van der Waals surface area contributed by atoms with Gasteiger partial charge in [-0.1, -0.05) is 0 Å². The van der Waals surface area contributed by atoms with Crippen molar-refractivity contribution in [3.8, 4) is 0 Å². The normalized spacial score (nSPS) is 40.0. The van der Waals surface area contributed by atoms with Crippen LogP contribution in [-0.2, 0) is 57.1 Å². The Labute approximate surface area is 364 Å². The molecule has 4 aliphatic rings. The van der Waals surface area contributed by atoms with Crippen molar-refractivity contribution in [1.82, 2.24) is 21.4 Å². The molecular weight excluding hydrogens is 876 g/mol. The summed E-state index contributed by atoms with van der Waals surface area (Å²) in [5.41, 5.74) is 7.14. The molecule has 4 heterocycles. The van der Waals surface area contributed by atoms with Crippen molar-refractivity contribution < 1.29 is 118 Å². The summed E-state index contributed by atoms with van der Waals surface area (Å²) in [4.78, 5) is 46.4. The van der Waals surface area contributed by atoms with Gasteiger partial charge in [-0.15, -0.1) is 0 Å². The number of hydrogen-bond donors (Lipinski definition) is 18. The monoisotopic (exact) mass is 938 g/mol. The molecule has 20 N–H and O–H groups in total. The average molecular weight is 939 g/mol. The van der Waals surface area contributed by atoms with Gasteiger partial charge in [0.1, 0.15) is 111 Å². The van der Waals surface area contributed by atoms with E-state index >= 15 is 0 Å². The number of aliphatic hydroxyl groups excluding tert-OH is 12. The van der Waals surface area contributed by atoms with Gasteiger partial charge in [0.2, 0.25) is 17.7 Å². The SMILES string of the molecule is CC(=O)NC1C(OCC(=O)NCCN)OC(CO)C(OC2OC(CO)C(O)C(O)C2O)C1O.CC(=O)NC1C(OCC(=O)NN)OC(CO)C(OC2OC(CO)C(O)C(O)C2O)C1O. The van der Waals surface area contributed by atoms with E-state index in [1.807, 2.05) is 5.43 Å². The standard InChI is InChI=1S/C18H33N3O12.C16H29N3O12/c1-7(24)21-11-13(27)16(33-18-15(29)14(28)12(26)8(4-22)31-18)9(5-23)32-17(11)30-6-10(25)20-3-2-19;1-5(22)18-9-11(25)14(7(3-21)30-15(9)28-4-8(23)19-17)31-16-13(27)12(26)10(24)6(2-20)29-16/h8-9,11-18,22-23,26-29H,2-6,19H2,1H3,(H,20,25)(H,21,24);6-7,9-16,20-21,24-27H,2-4,17H2,1H3,(H,18,22)(H,19,23). The Kier molecular flexibility index (Phi) is 22.8. The van der Waals surface area contributed by atoms with Gasteiger partial charge in [-0.25, -0.2) is 5.84 Å². The Balaban J connectivity index is 0.000000341. The first-order chi connectivity index (χ1) is 30.3. The fraction of sp³-hybridized carbons (Fsp3) is 0.882. The zero-order valence-corrected chi connectivity index (χ0v) is 34.6. The highest BCUT2D eigenvalue weighted by molar-refractivity contribution is 5.77. The third kappa shape index (κ3) is 14.5. The highest BCUT2D eigenvalue weighted by Crippen LogP contribution is 2.31. The zero-order valence-electron chi connectivity index (χ0n) is 34.6. The molecule has 0 saturated carbocycles. The van der Waals surface area contributed by atoms with Crippen molar-refractivity contribution in [2.45, 2.75) is 137 Å². The van der Waals surface area contributed by atoms with Gasteiger partial charge in [-0.2, -0.15) is 0 Å². The second-order valence-electron chi connectivity index (χ2n) is 14.8. The van der Waals surface area contributed by atoms with Crippen LogP contribution in [0.4, 0.5) is 0 Å². The van der Waals surface area contributed by atoms with E-state index in [4.69, 9.17) is 49.5 Å². The van der Waals surface area contributed by atoms with E-state index in [1.54, 1.807) is 0 Å². The van der Waals surface area contributed by atoms with Crippen LogP contribution in [-0.4, -0.2) is 260 Å². The molecular formula is C34H62N6O24. The topological polar surface area (TPSA) is 485 Å². The molecule has 64 heavy (non-hydrogen) atoms. The van der Waals surface area contributed by atoms with Gasteiger partial charge in [0.15, 0.2) is 25.2 Å². The van der Waals surface area contributed by atoms with E-state index in [9.17, 15) is 80.5 Å². The number of hydrazine groups is 1. The van der Waals surface area contributed by atoms with Crippen LogP contribution in [0, 0.1) is 0 Å². The minimum atomic E-state index is -1.77. The summed E-state index contributed by atoms with van der Waals surface area (Å²) in [6.45, 7) is -1.15. The molecule has 4 aliphatic heterocycles. The third-order valence-corrected chi connectivity index (χ3v) is 10.1. The van der Waals surface area contributed by atoms with E-state index in [2.05, 4.69) is 16.0 Å². The Morgan fingerprint density at radius 2 is 0.875 bits per heavy atom. The van der Waals surface area contributed by atoms with Crippen LogP contribution in [0.3, 0.4) is 0 Å². The van der Waals surface area contributed by atoms with Gasteiger partial charge in [0.05, 0.1) is 26.4 Å². The first-order valence-electron chi connectivity index (χ1n) is 19.8. The van der Waals surface area contributed by atoms with E-state index < -0.39 is 186 Å². The second kappa shape index (κ2) is 26.4. The van der Waals surface area contributed by atoms with Crippen molar-refractivity contribution in [1.29, 1.82) is 0 Å². The summed E-state index contributed by atoms with van der Waals surface area (Å²) in [5.74, 6) is 2.57. The molecule has 30 heteroatoms. The average Bonchev–Trinajstić information content (AvgIpc) is 3.27. The fourth-order valence-corrected chi connectivity index (χ4v) is 6.82. The minimum absolute atomic E-state index is 0.208.